The van der Waals surface area contributed by atoms with Crippen molar-refractivity contribution < 1.29 is 14.3 Å². The van der Waals surface area contributed by atoms with Crippen LogP contribution < -0.4 is 10.1 Å². The van der Waals surface area contributed by atoms with Gasteiger partial charge in [0.15, 0.2) is 0 Å². The van der Waals surface area contributed by atoms with Crippen molar-refractivity contribution in [3.05, 3.63) is 58.1 Å². The molecule has 26 heavy (non-hydrogen) atoms. The molecule has 136 valence electrons. The fraction of sp³-hybridized carbons (Fsp3) is 0.263. The Hall–Kier alpha value is -2.24. The van der Waals surface area contributed by atoms with Gasteiger partial charge in [0.05, 0.1) is 17.7 Å². The van der Waals surface area contributed by atoms with Crippen LogP contribution in [-0.4, -0.2) is 36.4 Å². The minimum Gasteiger partial charge on any atom is -0.497 e. The molecule has 1 heterocycles. The number of methoxy groups -OCH3 is 1. The molecule has 1 saturated heterocycles. The number of benzene rings is 2. The van der Waals surface area contributed by atoms with E-state index in [1.165, 1.54) is 6.07 Å². The van der Waals surface area contributed by atoms with Gasteiger partial charge in [0.1, 0.15) is 11.8 Å². The maximum absolute atomic E-state index is 12.9. The molecule has 1 N–H and O–H groups in total. The zero-order valence-electron chi connectivity index (χ0n) is 14.2. The molecule has 1 aliphatic heterocycles. The lowest BCUT2D eigenvalue weighted by molar-refractivity contribution is -0.119. The molecular weight excluding hydrogens is 375 g/mol. The number of anilines is 1. The van der Waals surface area contributed by atoms with Crippen LogP contribution in [-0.2, 0) is 4.79 Å². The van der Waals surface area contributed by atoms with Crippen LogP contribution in [0.3, 0.4) is 0 Å². The third-order valence-electron chi connectivity index (χ3n) is 4.33. The van der Waals surface area contributed by atoms with Crippen LogP contribution >= 0.6 is 23.2 Å². The van der Waals surface area contributed by atoms with Crippen molar-refractivity contribution in [2.45, 2.75) is 18.9 Å². The zero-order chi connectivity index (χ0) is 18.7. The lowest BCUT2D eigenvalue weighted by atomic mass is 10.1. The molecule has 5 nitrogen and oxygen atoms in total. The van der Waals surface area contributed by atoms with E-state index in [9.17, 15) is 9.59 Å². The number of amides is 2. The molecule has 1 atom stereocenters. The number of carbonyl (C=O) groups excluding carboxylic acids is 2. The Morgan fingerprint density at radius 2 is 1.88 bits per heavy atom. The van der Waals surface area contributed by atoms with Gasteiger partial charge in [0.25, 0.3) is 5.91 Å². The molecule has 0 saturated carbocycles. The number of nitrogens with one attached hydrogen (secondary N) is 1. The number of rotatable bonds is 4. The predicted octanol–water partition coefficient (Wildman–Crippen LogP) is 4.25. The third-order valence-corrected chi connectivity index (χ3v) is 4.90. The van der Waals surface area contributed by atoms with Gasteiger partial charge in [-0.3, -0.25) is 9.59 Å². The molecule has 0 aliphatic carbocycles. The van der Waals surface area contributed by atoms with Crippen molar-refractivity contribution in [3.8, 4) is 5.75 Å². The highest BCUT2D eigenvalue weighted by molar-refractivity contribution is 6.35. The van der Waals surface area contributed by atoms with Gasteiger partial charge in [-0.05, 0) is 55.3 Å². The van der Waals surface area contributed by atoms with Crippen molar-refractivity contribution in [3.63, 3.8) is 0 Å². The number of likely N-dealkylation sites (tertiary alicyclic amines) is 1. The second-order valence-corrected chi connectivity index (χ2v) is 6.84. The van der Waals surface area contributed by atoms with Crippen LogP contribution in [0.1, 0.15) is 23.2 Å². The summed E-state index contributed by atoms with van der Waals surface area (Å²) in [7, 11) is 1.58. The number of halogens is 2. The monoisotopic (exact) mass is 392 g/mol. The summed E-state index contributed by atoms with van der Waals surface area (Å²) in [4.78, 5) is 27.1. The third kappa shape index (κ3) is 3.94. The highest BCUT2D eigenvalue weighted by Crippen LogP contribution is 2.27. The lowest BCUT2D eigenvalue weighted by Crippen LogP contribution is -2.43. The first kappa shape index (κ1) is 18.5. The quantitative estimate of drug-likeness (QED) is 0.845. The first-order valence-corrected chi connectivity index (χ1v) is 8.96. The molecule has 0 bridgehead atoms. The number of ether oxygens (including phenoxy) is 1. The maximum Gasteiger partial charge on any atom is 0.256 e. The van der Waals surface area contributed by atoms with Gasteiger partial charge >= 0.3 is 0 Å². The molecule has 1 fully saturated rings. The molecule has 0 radical (unpaired) electrons. The standard InChI is InChI=1S/C19H18Cl2N2O3/c1-26-14-7-5-13(6-8-14)22-18(24)17-3-2-10-23(17)19(25)15-11-12(20)4-9-16(15)21/h4-9,11,17H,2-3,10H2,1H3,(H,22,24)/t17-/m1/s1. The van der Waals surface area contributed by atoms with Gasteiger partial charge in [0.2, 0.25) is 5.91 Å². The largest absolute Gasteiger partial charge is 0.497 e. The van der Waals surface area contributed by atoms with Crippen LogP contribution in [0.2, 0.25) is 10.0 Å². The molecule has 7 heteroatoms. The summed E-state index contributed by atoms with van der Waals surface area (Å²) in [5, 5.41) is 3.60. The van der Waals surface area contributed by atoms with Gasteiger partial charge in [-0.15, -0.1) is 0 Å². The Bertz CT molecular complexity index is 824. The van der Waals surface area contributed by atoms with E-state index in [2.05, 4.69) is 5.32 Å². The molecule has 0 spiro atoms. The van der Waals surface area contributed by atoms with Crippen LogP contribution in [0.15, 0.2) is 42.5 Å². The van der Waals surface area contributed by atoms with Crippen LogP contribution in [0.25, 0.3) is 0 Å². The molecule has 0 aromatic heterocycles. The maximum atomic E-state index is 12.9. The summed E-state index contributed by atoms with van der Waals surface area (Å²) in [6.45, 7) is 0.502. The van der Waals surface area contributed by atoms with Gasteiger partial charge in [-0.2, -0.15) is 0 Å². The Balaban J connectivity index is 1.75. The second kappa shape index (κ2) is 7.98. The van der Waals surface area contributed by atoms with E-state index in [1.54, 1.807) is 48.4 Å². The van der Waals surface area contributed by atoms with E-state index >= 15 is 0 Å². The Morgan fingerprint density at radius 1 is 1.15 bits per heavy atom. The first-order chi connectivity index (χ1) is 12.5. The van der Waals surface area contributed by atoms with Crippen LogP contribution in [0.4, 0.5) is 5.69 Å². The van der Waals surface area contributed by atoms with Gasteiger partial charge in [0, 0.05) is 17.3 Å². The number of carbonyl (C=O) groups is 2. The SMILES string of the molecule is COc1ccc(NC(=O)[C@H]2CCCN2C(=O)c2cc(Cl)ccc2Cl)cc1. The van der Waals surface area contributed by atoms with Crippen LogP contribution in [0, 0.1) is 0 Å². The van der Waals surface area contributed by atoms with E-state index in [-0.39, 0.29) is 11.8 Å². The fourth-order valence-corrected chi connectivity index (χ4v) is 3.37. The lowest BCUT2D eigenvalue weighted by Gasteiger charge is -2.24. The summed E-state index contributed by atoms with van der Waals surface area (Å²) in [5.41, 5.74) is 0.958. The zero-order valence-corrected chi connectivity index (χ0v) is 15.7. The normalized spacial score (nSPS) is 16.4. The van der Waals surface area contributed by atoms with Crippen molar-refractivity contribution in [1.82, 2.24) is 4.90 Å². The molecular formula is C19H18Cl2N2O3. The van der Waals surface area contributed by atoms with Crippen molar-refractivity contribution in [2.24, 2.45) is 0 Å². The van der Waals surface area contributed by atoms with Gasteiger partial charge < -0.3 is 15.0 Å². The van der Waals surface area contributed by atoms with E-state index in [1.807, 2.05) is 0 Å². The smallest absolute Gasteiger partial charge is 0.256 e. The number of hydrogen-bond acceptors (Lipinski definition) is 3. The van der Waals surface area contributed by atoms with E-state index < -0.39 is 6.04 Å². The predicted molar refractivity (Wildman–Crippen MR) is 102 cm³/mol. The van der Waals surface area contributed by atoms with Crippen LogP contribution in [0.5, 0.6) is 5.75 Å². The molecule has 2 aromatic carbocycles. The fourth-order valence-electron chi connectivity index (χ4n) is 3.00. The van der Waals surface area contributed by atoms with Gasteiger partial charge in [-0.25, -0.2) is 0 Å². The molecule has 0 unspecified atom stereocenters. The van der Waals surface area contributed by atoms with Crippen molar-refractivity contribution in [1.29, 1.82) is 0 Å². The first-order valence-electron chi connectivity index (χ1n) is 8.20. The summed E-state index contributed by atoms with van der Waals surface area (Å²) >= 11 is 12.1. The average molecular weight is 393 g/mol. The summed E-state index contributed by atoms with van der Waals surface area (Å²) < 4.78 is 5.10. The van der Waals surface area contributed by atoms with Crippen molar-refractivity contribution in [2.75, 3.05) is 19.0 Å². The number of hydrogen-bond donors (Lipinski definition) is 1. The summed E-state index contributed by atoms with van der Waals surface area (Å²) in [6.07, 6.45) is 1.36. The molecule has 1 aliphatic rings. The molecule has 2 amide bonds. The van der Waals surface area contributed by atoms with Crippen molar-refractivity contribution >= 4 is 40.7 Å². The van der Waals surface area contributed by atoms with E-state index in [0.717, 1.165) is 6.42 Å². The average Bonchev–Trinajstić information content (AvgIpc) is 3.13. The number of nitrogens with zero attached hydrogens (tertiary/aromatic N) is 1. The Labute approximate surface area is 161 Å². The highest BCUT2D eigenvalue weighted by Gasteiger charge is 2.35. The summed E-state index contributed by atoms with van der Waals surface area (Å²) in [6, 6.07) is 11.2. The molecule has 2 aromatic rings. The second-order valence-electron chi connectivity index (χ2n) is 6.00. The highest BCUT2D eigenvalue weighted by atomic mass is 35.5. The molecule has 3 rings (SSSR count). The minimum atomic E-state index is -0.542. The van der Waals surface area contributed by atoms with Gasteiger partial charge in [-0.1, -0.05) is 23.2 Å². The summed E-state index contributed by atoms with van der Waals surface area (Å²) in [5.74, 6) is 0.195. The van der Waals surface area contributed by atoms with E-state index in [0.29, 0.717) is 40.0 Å². The Morgan fingerprint density at radius 3 is 2.58 bits per heavy atom. The topological polar surface area (TPSA) is 58.6 Å². The Kier molecular flexibility index (Phi) is 5.69. The minimum absolute atomic E-state index is 0.223. The van der Waals surface area contributed by atoms with E-state index in [4.69, 9.17) is 27.9 Å².